The van der Waals surface area contributed by atoms with Crippen molar-refractivity contribution in [3.63, 3.8) is 0 Å². The Labute approximate surface area is 234 Å². The van der Waals surface area contributed by atoms with Crippen LogP contribution in [0, 0.1) is 23.7 Å². The third-order valence-corrected chi connectivity index (χ3v) is 17.6. The fraction of sp³-hybridized carbons (Fsp3) is 0.750. The van der Waals surface area contributed by atoms with Crippen LogP contribution in [0.4, 0.5) is 0 Å². The number of sulfone groups is 1. The Morgan fingerprint density at radius 1 is 1.11 bits per heavy atom. The average Bonchev–Trinajstić information content (AvgIpc) is 3.23. The largest absolute Gasteiger partial charge is 0.413 e. The molecule has 3 fully saturated rings. The highest BCUT2D eigenvalue weighted by atomic mass is 32.2. The maximum absolute atomic E-state index is 14.4. The highest BCUT2D eigenvalue weighted by Crippen LogP contribution is 2.60. The molecule has 4 nitrogen and oxygen atoms in total. The van der Waals surface area contributed by atoms with Gasteiger partial charge < -0.3 is 9.16 Å². The second kappa shape index (κ2) is 10.1. The van der Waals surface area contributed by atoms with Gasteiger partial charge >= 0.3 is 0 Å². The summed E-state index contributed by atoms with van der Waals surface area (Å²) in [6.45, 7) is 25.0. The number of hydrogen-bond donors (Lipinski definition) is 0. The summed E-state index contributed by atoms with van der Waals surface area (Å²) < 4.78 is 42.4. The highest BCUT2D eigenvalue weighted by Gasteiger charge is 2.64. The molecule has 2 saturated heterocycles. The molecule has 0 spiro atoms. The van der Waals surface area contributed by atoms with Crippen molar-refractivity contribution < 1.29 is 17.6 Å². The molecule has 2 unspecified atom stereocenters. The molecular weight excluding hydrogens is 509 g/mol. The molecular formula is C32H52O4SSi. The lowest BCUT2D eigenvalue weighted by Crippen LogP contribution is -2.49. The molecule has 0 N–H and O–H groups in total. The molecule has 38 heavy (non-hydrogen) atoms. The van der Waals surface area contributed by atoms with Crippen LogP contribution in [0.15, 0.2) is 47.4 Å². The minimum Gasteiger partial charge on any atom is -0.413 e. The second-order valence-electron chi connectivity index (χ2n) is 14.7. The second-order valence-corrected chi connectivity index (χ2v) is 21.7. The Hall–Kier alpha value is -0.953. The van der Waals surface area contributed by atoms with Gasteiger partial charge in [0.2, 0.25) is 0 Å². The predicted molar refractivity (Wildman–Crippen MR) is 160 cm³/mol. The number of hydrogen-bond acceptors (Lipinski definition) is 4. The molecule has 1 aromatic rings. The van der Waals surface area contributed by atoms with Gasteiger partial charge in [0, 0.05) is 11.8 Å². The van der Waals surface area contributed by atoms with Gasteiger partial charge in [-0.1, -0.05) is 65.0 Å². The first-order valence-corrected chi connectivity index (χ1v) is 19.2. The standard InChI is InChI=1S/C32H52O4SSi/c1-22-16-17-26(27(20-22)35-38(9,10)30(4,5)6)23(2)21-28(37(33,34)25-14-12-11-13-15-25)29-24(3)31(7)18-19-32(29,8)36-31/h11-15,22,24,26-29H,2,16-21H2,1,3-10H3/t22-,24+,26?,27-,28+,29?,31-,32+/m0/s1. The van der Waals surface area contributed by atoms with Crippen molar-refractivity contribution >= 4 is 18.2 Å². The lowest BCUT2D eigenvalue weighted by molar-refractivity contribution is -0.0426. The van der Waals surface area contributed by atoms with Gasteiger partial charge in [-0.2, -0.15) is 0 Å². The highest BCUT2D eigenvalue weighted by molar-refractivity contribution is 7.92. The van der Waals surface area contributed by atoms with Gasteiger partial charge in [-0.15, -0.1) is 0 Å². The smallest absolute Gasteiger partial charge is 0.192 e. The summed E-state index contributed by atoms with van der Waals surface area (Å²) >= 11 is 0. The summed E-state index contributed by atoms with van der Waals surface area (Å²) in [5.41, 5.74) is 0.354. The van der Waals surface area contributed by atoms with Gasteiger partial charge in [0.15, 0.2) is 18.2 Å². The molecule has 2 heterocycles. The van der Waals surface area contributed by atoms with E-state index in [0.29, 0.717) is 17.2 Å². The van der Waals surface area contributed by atoms with Crippen LogP contribution in [0.2, 0.25) is 18.1 Å². The van der Waals surface area contributed by atoms with E-state index in [4.69, 9.17) is 9.16 Å². The monoisotopic (exact) mass is 560 g/mol. The minimum absolute atomic E-state index is 0.0783. The fourth-order valence-corrected chi connectivity index (χ4v) is 11.0. The van der Waals surface area contributed by atoms with E-state index in [1.807, 2.05) is 18.2 Å². The van der Waals surface area contributed by atoms with E-state index in [1.165, 1.54) is 0 Å². The maximum atomic E-state index is 14.4. The maximum Gasteiger partial charge on any atom is 0.192 e. The summed E-state index contributed by atoms with van der Waals surface area (Å²) in [5, 5.41) is -0.439. The van der Waals surface area contributed by atoms with Crippen LogP contribution in [0.25, 0.3) is 0 Å². The Morgan fingerprint density at radius 3 is 2.26 bits per heavy atom. The molecule has 8 atom stereocenters. The molecule has 0 aromatic heterocycles. The summed E-state index contributed by atoms with van der Waals surface area (Å²) in [5.74, 6) is 0.871. The third kappa shape index (κ3) is 5.36. The zero-order valence-corrected chi connectivity index (χ0v) is 27.2. The van der Waals surface area contributed by atoms with Crippen molar-refractivity contribution in [3.05, 3.63) is 42.5 Å². The van der Waals surface area contributed by atoms with Crippen molar-refractivity contribution in [2.75, 3.05) is 0 Å². The molecule has 214 valence electrons. The first-order chi connectivity index (χ1) is 17.4. The molecule has 3 aliphatic rings. The van der Waals surface area contributed by atoms with Gasteiger partial charge in [-0.25, -0.2) is 8.42 Å². The fourth-order valence-electron chi connectivity index (χ4n) is 7.42. The summed E-state index contributed by atoms with van der Waals surface area (Å²) in [6, 6.07) is 9.03. The van der Waals surface area contributed by atoms with E-state index in [1.54, 1.807) is 12.1 Å². The van der Waals surface area contributed by atoms with Gasteiger partial charge in [-0.3, -0.25) is 0 Å². The van der Waals surface area contributed by atoms with Crippen LogP contribution >= 0.6 is 0 Å². The zero-order chi connectivity index (χ0) is 28.3. The lowest BCUT2D eigenvalue weighted by Gasteiger charge is -2.45. The molecule has 4 rings (SSSR count). The van der Waals surface area contributed by atoms with E-state index >= 15 is 0 Å². The van der Waals surface area contributed by atoms with Gasteiger partial charge in [0.25, 0.3) is 0 Å². The van der Waals surface area contributed by atoms with Gasteiger partial charge in [0.05, 0.1) is 27.5 Å². The normalized spacial score (nSPS) is 36.8. The number of benzene rings is 1. The van der Waals surface area contributed by atoms with Crippen molar-refractivity contribution in [2.24, 2.45) is 23.7 Å². The predicted octanol–water partition coefficient (Wildman–Crippen LogP) is 8.20. The summed E-state index contributed by atoms with van der Waals surface area (Å²) in [4.78, 5) is 0.410. The molecule has 2 aliphatic heterocycles. The number of ether oxygens (including phenoxy) is 1. The van der Waals surface area contributed by atoms with Crippen LogP contribution in [-0.4, -0.2) is 39.3 Å². The topological polar surface area (TPSA) is 52.6 Å². The number of fused-ring (bicyclic) bond motifs is 2. The van der Waals surface area contributed by atoms with Crippen LogP contribution in [0.3, 0.4) is 0 Å². The third-order valence-electron chi connectivity index (χ3n) is 11.0. The van der Waals surface area contributed by atoms with Crippen molar-refractivity contribution in [2.45, 2.75) is 133 Å². The lowest BCUT2D eigenvalue weighted by atomic mass is 9.66. The number of rotatable bonds is 8. The van der Waals surface area contributed by atoms with Gasteiger partial charge in [-0.05, 0) is 94.5 Å². The van der Waals surface area contributed by atoms with Crippen molar-refractivity contribution in [3.8, 4) is 0 Å². The summed E-state index contributed by atoms with van der Waals surface area (Å²) in [7, 11) is -5.59. The molecule has 1 aliphatic carbocycles. The first kappa shape index (κ1) is 30.0. The molecule has 0 radical (unpaired) electrons. The van der Waals surface area contributed by atoms with Crippen LogP contribution in [-0.2, 0) is 19.0 Å². The summed E-state index contributed by atoms with van der Waals surface area (Å²) in [6.07, 6.45) is 5.64. The molecule has 2 bridgehead atoms. The Kier molecular flexibility index (Phi) is 8.02. The quantitative estimate of drug-likeness (QED) is 0.237. The SMILES string of the molecule is C=C(C[C@H](C1[C@@H](C)[C@]2(C)CC[C@@]1(C)O2)S(=O)(=O)c1ccccc1)C1CC[C@H](C)C[C@@H]1O[Si](C)(C)C(C)(C)C. The van der Waals surface area contributed by atoms with Crippen LogP contribution in [0.5, 0.6) is 0 Å². The van der Waals surface area contributed by atoms with E-state index in [9.17, 15) is 8.42 Å². The first-order valence-electron chi connectivity index (χ1n) is 14.8. The molecule has 1 aromatic carbocycles. The molecule has 1 saturated carbocycles. The van der Waals surface area contributed by atoms with E-state index in [0.717, 1.165) is 37.7 Å². The van der Waals surface area contributed by atoms with Crippen molar-refractivity contribution in [1.82, 2.24) is 0 Å². The minimum atomic E-state index is -3.60. The van der Waals surface area contributed by atoms with E-state index < -0.39 is 29.0 Å². The van der Waals surface area contributed by atoms with Gasteiger partial charge in [0.1, 0.15) is 0 Å². The molecule has 6 heteroatoms. The Morgan fingerprint density at radius 2 is 1.71 bits per heavy atom. The van der Waals surface area contributed by atoms with E-state index in [-0.39, 0.29) is 34.5 Å². The Bertz CT molecular complexity index is 1120. The van der Waals surface area contributed by atoms with Crippen molar-refractivity contribution in [1.29, 1.82) is 0 Å². The molecule has 0 amide bonds. The average molecular weight is 561 g/mol. The Balaban J connectivity index is 1.69. The van der Waals surface area contributed by atoms with Crippen LogP contribution in [0.1, 0.15) is 87.0 Å². The van der Waals surface area contributed by atoms with E-state index in [2.05, 4.69) is 68.1 Å². The van der Waals surface area contributed by atoms with Crippen LogP contribution < -0.4 is 0 Å². The zero-order valence-electron chi connectivity index (χ0n) is 25.3.